The van der Waals surface area contributed by atoms with Crippen LogP contribution in [-0.2, 0) is 28.9 Å². The second-order valence-electron chi connectivity index (χ2n) is 8.92. The Labute approximate surface area is 201 Å². The third-order valence-electron chi connectivity index (χ3n) is 6.19. The number of hydrogen-bond donors (Lipinski definition) is 2. The minimum absolute atomic E-state index is 0.00674. The van der Waals surface area contributed by atoms with Crippen LogP contribution in [0.4, 0.5) is 4.79 Å². The summed E-state index contributed by atoms with van der Waals surface area (Å²) in [5, 5.41) is 6.27. The highest BCUT2D eigenvalue weighted by molar-refractivity contribution is 7.99. The van der Waals surface area contributed by atoms with Crippen LogP contribution in [0.2, 0.25) is 0 Å². The van der Waals surface area contributed by atoms with Crippen LogP contribution >= 0.6 is 23.1 Å². The Hall–Kier alpha value is -1.91. The van der Waals surface area contributed by atoms with Gasteiger partial charge < -0.3 is 10.1 Å². The maximum Gasteiger partial charge on any atom is 0.321 e. The fraction of sp³-hybridized carbons (Fsp3) is 0.652. The van der Waals surface area contributed by atoms with Crippen LogP contribution in [0.1, 0.15) is 56.4 Å². The van der Waals surface area contributed by atoms with Crippen molar-refractivity contribution < 1.29 is 14.3 Å². The molecule has 2 aromatic rings. The summed E-state index contributed by atoms with van der Waals surface area (Å²) in [5.41, 5.74) is 1.12. The lowest BCUT2D eigenvalue weighted by Crippen LogP contribution is -2.40. The molecular weight excluding hydrogens is 460 g/mol. The van der Waals surface area contributed by atoms with E-state index in [4.69, 9.17) is 9.72 Å². The van der Waals surface area contributed by atoms with Gasteiger partial charge >= 0.3 is 6.03 Å². The quantitative estimate of drug-likeness (QED) is 0.332. The van der Waals surface area contributed by atoms with E-state index in [2.05, 4.69) is 17.6 Å². The van der Waals surface area contributed by atoms with Crippen molar-refractivity contribution in [1.29, 1.82) is 0 Å². The van der Waals surface area contributed by atoms with Gasteiger partial charge in [-0.25, -0.2) is 9.78 Å². The van der Waals surface area contributed by atoms with Crippen LogP contribution in [0.5, 0.6) is 0 Å². The summed E-state index contributed by atoms with van der Waals surface area (Å²) in [6.45, 7) is 5.95. The van der Waals surface area contributed by atoms with E-state index in [1.807, 2.05) is 6.92 Å². The number of thioether (sulfide) groups is 1. The zero-order valence-corrected chi connectivity index (χ0v) is 20.9. The molecule has 0 radical (unpaired) electrons. The van der Waals surface area contributed by atoms with Crippen molar-refractivity contribution in [3.63, 3.8) is 0 Å². The van der Waals surface area contributed by atoms with Gasteiger partial charge in [0.05, 0.1) is 23.8 Å². The first-order valence-corrected chi connectivity index (χ1v) is 13.6. The minimum atomic E-state index is -0.491. The van der Waals surface area contributed by atoms with Crippen molar-refractivity contribution >= 4 is 45.3 Å². The van der Waals surface area contributed by atoms with Gasteiger partial charge in [0.2, 0.25) is 5.91 Å². The first-order valence-electron chi connectivity index (χ1n) is 11.8. The van der Waals surface area contributed by atoms with Gasteiger partial charge in [-0.05, 0) is 50.0 Å². The van der Waals surface area contributed by atoms with Gasteiger partial charge in [0, 0.05) is 18.0 Å². The molecule has 1 aliphatic carbocycles. The maximum atomic E-state index is 13.6. The second-order valence-corrected chi connectivity index (χ2v) is 10.9. The molecule has 2 unspecified atom stereocenters. The Morgan fingerprint density at radius 2 is 2.18 bits per heavy atom. The Kier molecular flexibility index (Phi) is 8.08. The Morgan fingerprint density at radius 1 is 1.33 bits per heavy atom. The number of aromatic nitrogens is 2. The molecule has 2 atom stereocenters. The van der Waals surface area contributed by atoms with Crippen molar-refractivity contribution in [2.24, 2.45) is 5.92 Å². The fourth-order valence-corrected chi connectivity index (χ4v) is 6.62. The third kappa shape index (κ3) is 5.78. The van der Waals surface area contributed by atoms with E-state index >= 15 is 0 Å². The number of nitrogens with zero attached hydrogens (tertiary/aromatic N) is 2. The smallest absolute Gasteiger partial charge is 0.321 e. The summed E-state index contributed by atoms with van der Waals surface area (Å²) in [6, 6.07) is -0.491. The monoisotopic (exact) mass is 492 g/mol. The lowest BCUT2D eigenvalue weighted by molar-refractivity contribution is -0.117. The summed E-state index contributed by atoms with van der Waals surface area (Å²) in [4.78, 5) is 44.7. The number of aryl methyl sites for hydroxylation is 1. The van der Waals surface area contributed by atoms with Gasteiger partial charge in [-0.1, -0.05) is 32.0 Å². The van der Waals surface area contributed by atoms with Crippen molar-refractivity contribution in [1.82, 2.24) is 20.2 Å². The van der Waals surface area contributed by atoms with Crippen molar-refractivity contribution in [2.75, 3.05) is 18.9 Å². The molecule has 3 heterocycles. The Morgan fingerprint density at radius 3 is 2.94 bits per heavy atom. The van der Waals surface area contributed by atoms with Gasteiger partial charge in [-0.2, -0.15) is 0 Å². The minimum Gasteiger partial charge on any atom is -0.376 e. The number of hydrogen-bond acceptors (Lipinski definition) is 7. The van der Waals surface area contributed by atoms with Crippen LogP contribution in [0, 0.1) is 5.92 Å². The van der Waals surface area contributed by atoms with Crippen molar-refractivity contribution in [3.05, 3.63) is 20.8 Å². The topological polar surface area (TPSA) is 102 Å². The molecule has 0 bridgehead atoms. The first kappa shape index (κ1) is 24.2. The number of imide groups is 1. The van der Waals surface area contributed by atoms with Crippen LogP contribution in [-0.4, -0.2) is 46.5 Å². The number of amides is 3. The second kappa shape index (κ2) is 11.0. The number of carbonyl (C=O) groups excluding carboxylic acids is 2. The first-order chi connectivity index (χ1) is 16.0. The van der Waals surface area contributed by atoms with E-state index < -0.39 is 11.9 Å². The highest BCUT2D eigenvalue weighted by atomic mass is 32.2. The number of thiophene rings is 1. The maximum absolute atomic E-state index is 13.6. The largest absolute Gasteiger partial charge is 0.376 e. The summed E-state index contributed by atoms with van der Waals surface area (Å²) in [5.74, 6) is 0.208. The molecule has 0 saturated carbocycles. The van der Waals surface area contributed by atoms with E-state index in [9.17, 15) is 14.4 Å². The summed E-state index contributed by atoms with van der Waals surface area (Å²) in [7, 11) is 0. The van der Waals surface area contributed by atoms with Gasteiger partial charge in [0.25, 0.3) is 5.56 Å². The van der Waals surface area contributed by atoms with E-state index in [-0.39, 0.29) is 17.4 Å². The molecule has 180 valence electrons. The summed E-state index contributed by atoms with van der Waals surface area (Å²) in [6.07, 6.45) is 6.68. The molecule has 0 spiro atoms. The number of carbonyl (C=O) groups is 2. The molecular formula is C23H32N4O4S2. The number of urea groups is 1. The molecule has 1 aliphatic heterocycles. The van der Waals surface area contributed by atoms with Crippen molar-refractivity contribution in [3.8, 4) is 0 Å². The van der Waals surface area contributed by atoms with Crippen LogP contribution in [0.25, 0.3) is 10.2 Å². The average molecular weight is 493 g/mol. The predicted molar refractivity (Wildman–Crippen MR) is 131 cm³/mol. The highest BCUT2D eigenvalue weighted by Gasteiger charge is 2.26. The molecule has 2 N–H and O–H groups in total. The molecule has 8 nitrogen and oxygen atoms in total. The zero-order valence-electron chi connectivity index (χ0n) is 19.3. The lowest BCUT2D eigenvalue weighted by atomic mass is 9.89. The lowest BCUT2D eigenvalue weighted by Gasteiger charge is -2.18. The summed E-state index contributed by atoms with van der Waals surface area (Å²) >= 11 is 2.80. The van der Waals surface area contributed by atoms with Gasteiger partial charge in [0.15, 0.2) is 5.16 Å². The number of rotatable bonds is 8. The van der Waals surface area contributed by atoms with Crippen LogP contribution in [0.15, 0.2) is 9.95 Å². The Bertz CT molecular complexity index is 1070. The highest BCUT2D eigenvalue weighted by Crippen LogP contribution is 2.36. The molecule has 2 aliphatic rings. The van der Waals surface area contributed by atoms with Gasteiger partial charge in [-0.3, -0.25) is 19.5 Å². The summed E-state index contributed by atoms with van der Waals surface area (Å²) < 4.78 is 7.47. The molecule has 1 fully saturated rings. The third-order valence-corrected chi connectivity index (χ3v) is 8.32. The van der Waals surface area contributed by atoms with Crippen molar-refractivity contribution in [2.45, 2.75) is 76.6 Å². The van der Waals surface area contributed by atoms with Crippen LogP contribution < -0.4 is 16.2 Å². The SMILES string of the molecule is CCCCNC(=O)NC(=O)CSc1nc2sc3c(c2c(=O)n1CC1CCCO1)CCC(C)C3. The standard InChI is InChI=1S/C23H32N4O4S2/c1-3-4-9-24-22(30)25-18(28)13-32-23-26-20-19(16-8-7-14(2)11-17(16)33-20)21(29)27(23)12-15-6-5-10-31-15/h14-15H,3-13H2,1-2H3,(H2,24,25,28,30). The van der Waals surface area contributed by atoms with Gasteiger partial charge in [0.1, 0.15) is 4.83 Å². The van der Waals surface area contributed by atoms with E-state index in [1.54, 1.807) is 15.9 Å². The number of fused-ring (bicyclic) bond motifs is 3. The molecule has 4 rings (SSSR count). The van der Waals surface area contributed by atoms with Crippen LogP contribution in [0.3, 0.4) is 0 Å². The number of nitrogens with one attached hydrogen (secondary N) is 2. The van der Waals surface area contributed by atoms with Gasteiger partial charge in [-0.15, -0.1) is 11.3 Å². The normalized spacial score (nSPS) is 20.1. The average Bonchev–Trinajstić information content (AvgIpc) is 3.41. The molecule has 10 heteroatoms. The molecule has 1 saturated heterocycles. The number of ether oxygens (including phenoxy) is 1. The molecule has 2 aromatic heterocycles. The van der Waals surface area contributed by atoms with E-state index in [0.717, 1.165) is 60.7 Å². The predicted octanol–water partition coefficient (Wildman–Crippen LogP) is 3.48. The molecule has 3 amide bonds. The fourth-order valence-electron chi connectivity index (χ4n) is 4.38. The zero-order chi connectivity index (χ0) is 23.4. The number of unbranched alkanes of at least 4 members (excludes halogenated alkanes) is 1. The van der Waals surface area contributed by atoms with E-state index in [1.165, 1.54) is 16.6 Å². The Balaban J connectivity index is 1.56. The molecule has 33 heavy (non-hydrogen) atoms. The molecule has 0 aromatic carbocycles. The van der Waals surface area contributed by atoms with E-state index in [0.29, 0.717) is 30.8 Å².